The van der Waals surface area contributed by atoms with Gasteiger partial charge in [-0.1, -0.05) is 0 Å². The molecule has 2 N–H and O–H groups in total. The van der Waals surface area contributed by atoms with Crippen molar-refractivity contribution in [2.45, 2.75) is 32.2 Å². The van der Waals surface area contributed by atoms with E-state index in [1.165, 1.54) is 6.42 Å². The molecule has 1 aromatic rings. The van der Waals surface area contributed by atoms with E-state index >= 15 is 0 Å². The van der Waals surface area contributed by atoms with Gasteiger partial charge in [-0.15, -0.1) is 0 Å². The normalized spacial score (nSPS) is 18.5. The maximum absolute atomic E-state index is 12.5. The summed E-state index contributed by atoms with van der Waals surface area (Å²) in [6.45, 7) is 2.99. The van der Waals surface area contributed by atoms with Gasteiger partial charge in [0.05, 0.1) is 0 Å². The molecule has 1 saturated heterocycles. The van der Waals surface area contributed by atoms with Gasteiger partial charge in [-0.3, -0.25) is 4.79 Å². The van der Waals surface area contributed by atoms with Gasteiger partial charge >= 0.3 is 0 Å². The number of nitrogens with zero attached hydrogens (tertiary/aromatic N) is 1. The number of amides is 1. The van der Waals surface area contributed by atoms with Gasteiger partial charge in [0.25, 0.3) is 5.91 Å². The van der Waals surface area contributed by atoms with E-state index < -0.39 is 0 Å². The number of benzene rings is 1. The Labute approximate surface area is 125 Å². The van der Waals surface area contributed by atoms with Crippen molar-refractivity contribution in [1.29, 1.82) is 0 Å². The molecule has 1 aliphatic rings. The molecular formula is C15H21N3OS. The third-order valence-electron chi connectivity index (χ3n) is 3.68. The summed E-state index contributed by atoms with van der Waals surface area (Å²) in [6, 6.07) is 7.80. The zero-order valence-electron chi connectivity index (χ0n) is 12.0. The number of likely N-dealkylation sites (tertiary alicyclic amines) is 1. The molecule has 1 heterocycles. The van der Waals surface area contributed by atoms with Crippen LogP contribution in [0.1, 0.15) is 36.5 Å². The number of piperidine rings is 1. The molecule has 2 rings (SSSR count). The summed E-state index contributed by atoms with van der Waals surface area (Å²) in [5, 5.41) is 6.46. The predicted octanol–water partition coefficient (Wildman–Crippen LogP) is 2.62. The molecule has 0 spiro atoms. The van der Waals surface area contributed by atoms with Crippen LogP contribution in [-0.2, 0) is 0 Å². The van der Waals surface area contributed by atoms with Crippen LogP contribution in [0.3, 0.4) is 0 Å². The summed E-state index contributed by atoms with van der Waals surface area (Å²) in [6.07, 6.45) is 3.42. The largest absolute Gasteiger partial charge is 0.366 e. The topological polar surface area (TPSA) is 44.4 Å². The van der Waals surface area contributed by atoms with Crippen molar-refractivity contribution in [1.82, 2.24) is 10.2 Å². The molecule has 0 saturated carbocycles. The molecule has 0 aliphatic carbocycles. The smallest absolute Gasteiger partial charge is 0.254 e. The number of anilines is 1. The van der Waals surface area contributed by atoms with E-state index in [-0.39, 0.29) is 5.91 Å². The van der Waals surface area contributed by atoms with Crippen molar-refractivity contribution in [3.05, 3.63) is 29.8 Å². The van der Waals surface area contributed by atoms with Gasteiger partial charge in [0.1, 0.15) is 0 Å². The second kappa shape index (κ2) is 6.70. The summed E-state index contributed by atoms with van der Waals surface area (Å²) in [5.74, 6) is 0.125. The van der Waals surface area contributed by atoms with Crippen LogP contribution in [0.5, 0.6) is 0 Å². The molecule has 1 aliphatic heterocycles. The summed E-state index contributed by atoms with van der Waals surface area (Å²) < 4.78 is 0. The van der Waals surface area contributed by atoms with Gasteiger partial charge in [-0.25, -0.2) is 0 Å². The maximum Gasteiger partial charge on any atom is 0.254 e. The molecule has 0 bridgehead atoms. The lowest BCUT2D eigenvalue weighted by molar-refractivity contribution is 0.0635. The molecule has 4 nitrogen and oxygen atoms in total. The molecule has 0 radical (unpaired) electrons. The maximum atomic E-state index is 12.5. The zero-order valence-corrected chi connectivity index (χ0v) is 12.8. The van der Waals surface area contributed by atoms with E-state index in [9.17, 15) is 4.79 Å². The summed E-state index contributed by atoms with van der Waals surface area (Å²) in [4.78, 5) is 14.4. The molecule has 1 aromatic carbocycles. The Morgan fingerprint density at radius 2 is 2.00 bits per heavy atom. The number of hydrogen-bond donors (Lipinski definition) is 2. The van der Waals surface area contributed by atoms with Crippen molar-refractivity contribution in [2.75, 3.05) is 18.9 Å². The Balaban J connectivity index is 2.05. The highest BCUT2D eigenvalue weighted by Crippen LogP contribution is 2.20. The third kappa shape index (κ3) is 3.48. The van der Waals surface area contributed by atoms with Crippen LogP contribution in [0.15, 0.2) is 24.3 Å². The highest BCUT2D eigenvalue weighted by atomic mass is 32.1. The van der Waals surface area contributed by atoms with E-state index in [0.717, 1.165) is 30.6 Å². The molecule has 1 atom stereocenters. The lowest BCUT2D eigenvalue weighted by atomic mass is 10.0. The molecule has 1 fully saturated rings. The first-order valence-electron chi connectivity index (χ1n) is 7.01. The third-order valence-corrected chi connectivity index (χ3v) is 3.99. The van der Waals surface area contributed by atoms with E-state index in [1.54, 1.807) is 7.05 Å². The van der Waals surface area contributed by atoms with E-state index in [0.29, 0.717) is 11.2 Å². The zero-order chi connectivity index (χ0) is 14.5. The number of hydrogen-bond acceptors (Lipinski definition) is 2. The first-order valence-corrected chi connectivity index (χ1v) is 7.42. The number of carbonyl (C=O) groups excluding carboxylic acids is 1. The van der Waals surface area contributed by atoms with Crippen LogP contribution in [0.4, 0.5) is 5.69 Å². The van der Waals surface area contributed by atoms with Crippen LogP contribution in [0, 0.1) is 0 Å². The first kappa shape index (κ1) is 14.8. The highest BCUT2D eigenvalue weighted by molar-refractivity contribution is 7.80. The fourth-order valence-electron chi connectivity index (χ4n) is 2.46. The van der Waals surface area contributed by atoms with Crippen LogP contribution < -0.4 is 10.6 Å². The Morgan fingerprint density at radius 3 is 2.60 bits per heavy atom. The monoisotopic (exact) mass is 291 g/mol. The standard InChI is InChI=1S/C15H21N3OS/c1-11-5-3-4-10-18(11)14(19)12-6-8-13(9-7-12)17-15(20)16-2/h6-9,11H,3-5,10H2,1-2H3,(H2,16,17,20)/t11-/m0/s1. The van der Waals surface area contributed by atoms with E-state index in [1.807, 2.05) is 29.2 Å². The van der Waals surface area contributed by atoms with Gasteiger partial charge in [-0.2, -0.15) is 0 Å². The van der Waals surface area contributed by atoms with Crippen molar-refractivity contribution in [3.8, 4) is 0 Å². The SMILES string of the molecule is CNC(=S)Nc1ccc(C(=O)N2CCCC[C@@H]2C)cc1. The van der Waals surface area contributed by atoms with Crippen LogP contribution in [0.25, 0.3) is 0 Å². The predicted molar refractivity (Wildman–Crippen MR) is 86.1 cm³/mol. The Morgan fingerprint density at radius 1 is 1.30 bits per heavy atom. The average Bonchev–Trinajstić information content (AvgIpc) is 2.47. The minimum Gasteiger partial charge on any atom is -0.366 e. The quantitative estimate of drug-likeness (QED) is 0.822. The lowest BCUT2D eigenvalue weighted by Gasteiger charge is -2.33. The van der Waals surface area contributed by atoms with Gasteiger partial charge in [-0.05, 0) is 62.7 Å². The Kier molecular flexibility index (Phi) is 4.95. The minimum absolute atomic E-state index is 0.125. The molecule has 0 unspecified atom stereocenters. The molecule has 20 heavy (non-hydrogen) atoms. The number of rotatable bonds is 2. The van der Waals surface area contributed by atoms with Crippen molar-refractivity contribution < 1.29 is 4.79 Å². The van der Waals surface area contributed by atoms with Crippen molar-refractivity contribution in [2.24, 2.45) is 0 Å². The Bertz CT molecular complexity index is 486. The minimum atomic E-state index is 0.125. The second-order valence-electron chi connectivity index (χ2n) is 5.12. The number of carbonyl (C=O) groups is 1. The fourth-order valence-corrected chi connectivity index (χ4v) is 2.57. The van der Waals surface area contributed by atoms with Crippen LogP contribution in [0.2, 0.25) is 0 Å². The van der Waals surface area contributed by atoms with Crippen LogP contribution >= 0.6 is 12.2 Å². The molecular weight excluding hydrogens is 270 g/mol. The molecule has 1 amide bonds. The molecule has 0 aromatic heterocycles. The lowest BCUT2D eigenvalue weighted by Crippen LogP contribution is -2.42. The highest BCUT2D eigenvalue weighted by Gasteiger charge is 2.23. The van der Waals surface area contributed by atoms with Gasteiger partial charge in [0.2, 0.25) is 0 Å². The summed E-state index contributed by atoms with van der Waals surface area (Å²) >= 11 is 5.04. The number of thiocarbonyl (C=S) groups is 1. The Hall–Kier alpha value is -1.62. The fraction of sp³-hybridized carbons (Fsp3) is 0.467. The number of nitrogens with one attached hydrogen (secondary N) is 2. The summed E-state index contributed by atoms with van der Waals surface area (Å²) in [7, 11) is 1.77. The van der Waals surface area contributed by atoms with E-state index in [2.05, 4.69) is 17.6 Å². The van der Waals surface area contributed by atoms with Crippen molar-refractivity contribution >= 4 is 28.9 Å². The first-order chi connectivity index (χ1) is 9.61. The van der Waals surface area contributed by atoms with Gasteiger partial charge < -0.3 is 15.5 Å². The van der Waals surface area contributed by atoms with E-state index in [4.69, 9.17) is 12.2 Å². The van der Waals surface area contributed by atoms with Gasteiger partial charge in [0.15, 0.2) is 5.11 Å². The van der Waals surface area contributed by atoms with Crippen molar-refractivity contribution in [3.63, 3.8) is 0 Å². The summed E-state index contributed by atoms with van der Waals surface area (Å²) in [5.41, 5.74) is 1.62. The van der Waals surface area contributed by atoms with Crippen LogP contribution in [-0.4, -0.2) is 35.6 Å². The molecule has 5 heteroatoms. The second-order valence-corrected chi connectivity index (χ2v) is 5.53. The molecule has 108 valence electrons. The van der Waals surface area contributed by atoms with Gasteiger partial charge in [0, 0.05) is 30.9 Å². The average molecular weight is 291 g/mol.